The number of aromatic nitrogens is 1. The first-order valence-electron chi connectivity index (χ1n) is 6.53. The van der Waals surface area contributed by atoms with E-state index in [0.29, 0.717) is 12.5 Å². The lowest BCUT2D eigenvalue weighted by molar-refractivity contribution is 0.411. The van der Waals surface area contributed by atoms with Gasteiger partial charge in [0.25, 0.3) is 0 Å². The van der Waals surface area contributed by atoms with Gasteiger partial charge in [-0.2, -0.15) is 0 Å². The van der Waals surface area contributed by atoms with Gasteiger partial charge in [0.2, 0.25) is 5.89 Å². The van der Waals surface area contributed by atoms with E-state index in [1.54, 1.807) is 0 Å². The van der Waals surface area contributed by atoms with Crippen molar-refractivity contribution in [2.45, 2.75) is 45.4 Å². The van der Waals surface area contributed by atoms with E-state index in [-0.39, 0.29) is 5.41 Å². The maximum atomic E-state index is 5.79. The minimum atomic E-state index is -0.0535. The van der Waals surface area contributed by atoms with E-state index in [1.165, 1.54) is 5.56 Å². The summed E-state index contributed by atoms with van der Waals surface area (Å²) in [6.45, 7) is 9.23. The number of nitrogens with zero attached hydrogens (tertiary/aromatic N) is 1. The molecule has 0 amide bonds. The first-order valence-corrected chi connectivity index (χ1v) is 6.53. The molecule has 1 atom stereocenters. The predicted octanol–water partition coefficient (Wildman–Crippen LogP) is 3.58. The van der Waals surface area contributed by atoms with Gasteiger partial charge in [0.15, 0.2) is 5.58 Å². The quantitative estimate of drug-likeness (QED) is 0.900. The van der Waals surface area contributed by atoms with E-state index in [2.05, 4.69) is 44.8 Å². The Morgan fingerprint density at radius 1 is 1.33 bits per heavy atom. The smallest absolute Gasteiger partial charge is 0.200 e. The minimum absolute atomic E-state index is 0.0535. The van der Waals surface area contributed by atoms with Crippen molar-refractivity contribution in [1.29, 1.82) is 0 Å². The molecule has 2 aromatic rings. The summed E-state index contributed by atoms with van der Waals surface area (Å²) in [5.41, 5.74) is 8.64. The van der Waals surface area contributed by atoms with Crippen LogP contribution in [0.3, 0.4) is 0 Å². The number of benzene rings is 1. The van der Waals surface area contributed by atoms with Crippen LogP contribution < -0.4 is 5.73 Å². The third kappa shape index (κ3) is 2.56. The van der Waals surface area contributed by atoms with Gasteiger partial charge in [-0.1, -0.05) is 33.8 Å². The summed E-state index contributed by atoms with van der Waals surface area (Å²) in [7, 11) is 0. The fourth-order valence-corrected chi connectivity index (χ4v) is 1.99. The van der Waals surface area contributed by atoms with Crippen LogP contribution in [-0.4, -0.2) is 11.5 Å². The lowest BCUT2D eigenvalue weighted by Crippen LogP contribution is -2.10. The van der Waals surface area contributed by atoms with E-state index in [9.17, 15) is 0 Å². The van der Waals surface area contributed by atoms with Crippen LogP contribution in [0.15, 0.2) is 22.6 Å². The second-order valence-electron chi connectivity index (χ2n) is 5.97. The van der Waals surface area contributed by atoms with Crippen LogP contribution in [0.4, 0.5) is 0 Å². The SMILES string of the molecule is CC(CCN)c1ccc2oc(C(C)(C)C)nc2c1. The standard InChI is InChI=1S/C15H22N2O/c1-10(7-8-16)11-5-6-13-12(9-11)17-14(18-13)15(2,3)4/h5-6,9-10H,7-8,16H2,1-4H3. The largest absolute Gasteiger partial charge is 0.440 e. The molecule has 0 spiro atoms. The molecular formula is C15H22N2O. The van der Waals surface area contributed by atoms with Gasteiger partial charge in [0, 0.05) is 5.41 Å². The number of rotatable bonds is 3. The summed E-state index contributed by atoms with van der Waals surface area (Å²) in [5, 5.41) is 0. The molecule has 18 heavy (non-hydrogen) atoms. The fourth-order valence-electron chi connectivity index (χ4n) is 1.99. The summed E-state index contributed by atoms with van der Waals surface area (Å²) in [4.78, 5) is 4.59. The molecule has 0 bridgehead atoms. The van der Waals surface area contributed by atoms with Crippen LogP contribution in [0.1, 0.15) is 51.5 Å². The Bertz CT molecular complexity index is 537. The highest BCUT2D eigenvalue weighted by molar-refractivity contribution is 5.73. The first kappa shape index (κ1) is 13.1. The molecule has 0 aliphatic rings. The van der Waals surface area contributed by atoms with Gasteiger partial charge in [0.05, 0.1) is 0 Å². The van der Waals surface area contributed by atoms with E-state index in [1.807, 2.05) is 6.07 Å². The molecule has 0 aliphatic carbocycles. The Kier molecular flexibility index (Phi) is 3.44. The second-order valence-corrected chi connectivity index (χ2v) is 5.97. The molecule has 3 nitrogen and oxygen atoms in total. The summed E-state index contributed by atoms with van der Waals surface area (Å²) < 4.78 is 5.79. The summed E-state index contributed by atoms with van der Waals surface area (Å²) >= 11 is 0. The van der Waals surface area contributed by atoms with E-state index in [0.717, 1.165) is 23.4 Å². The molecule has 0 saturated heterocycles. The Morgan fingerprint density at radius 2 is 2.06 bits per heavy atom. The molecule has 98 valence electrons. The molecule has 3 heteroatoms. The van der Waals surface area contributed by atoms with E-state index >= 15 is 0 Å². The molecule has 0 fully saturated rings. The van der Waals surface area contributed by atoms with E-state index < -0.39 is 0 Å². The highest BCUT2D eigenvalue weighted by Gasteiger charge is 2.21. The highest BCUT2D eigenvalue weighted by atomic mass is 16.3. The second kappa shape index (κ2) is 4.73. The Morgan fingerprint density at radius 3 is 2.67 bits per heavy atom. The molecule has 0 saturated carbocycles. The molecule has 1 heterocycles. The van der Waals surface area contributed by atoms with Gasteiger partial charge >= 0.3 is 0 Å². The van der Waals surface area contributed by atoms with Crippen molar-refractivity contribution in [3.8, 4) is 0 Å². The Labute approximate surface area is 108 Å². The van der Waals surface area contributed by atoms with Crippen LogP contribution in [0.25, 0.3) is 11.1 Å². The van der Waals surface area contributed by atoms with Gasteiger partial charge in [0.1, 0.15) is 5.52 Å². The number of nitrogens with two attached hydrogens (primary N) is 1. The molecule has 1 aromatic carbocycles. The normalized spacial score (nSPS) is 14.1. The van der Waals surface area contributed by atoms with Crippen molar-refractivity contribution >= 4 is 11.1 Å². The van der Waals surface area contributed by atoms with Gasteiger partial charge in [-0.15, -0.1) is 0 Å². The lowest BCUT2D eigenvalue weighted by atomic mass is 9.97. The fraction of sp³-hybridized carbons (Fsp3) is 0.533. The van der Waals surface area contributed by atoms with Gasteiger partial charge in [-0.3, -0.25) is 0 Å². The molecule has 2 N–H and O–H groups in total. The van der Waals surface area contributed by atoms with Crippen molar-refractivity contribution < 1.29 is 4.42 Å². The summed E-state index contributed by atoms with van der Waals surface area (Å²) in [5.74, 6) is 1.26. The lowest BCUT2D eigenvalue weighted by Gasteiger charge is -2.11. The molecule has 1 unspecified atom stereocenters. The summed E-state index contributed by atoms with van der Waals surface area (Å²) in [6.07, 6.45) is 0.996. The first-order chi connectivity index (χ1) is 8.41. The monoisotopic (exact) mass is 246 g/mol. The van der Waals surface area contributed by atoms with Crippen molar-refractivity contribution in [1.82, 2.24) is 4.98 Å². The Hall–Kier alpha value is -1.35. The zero-order valence-electron chi connectivity index (χ0n) is 11.7. The number of hydrogen-bond acceptors (Lipinski definition) is 3. The minimum Gasteiger partial charge on any atom is -0.440 e. The topological polar surface area (TPSA) is 52.0 Å². The average molecular weight is 246 g/mol. The molecule has 1 aromatic heterocycles. The molecular weight excluding hydrogens is 224 g/mol. The predicted molar refractivity (Wildman–Crippen MR) is 74.8 cm³/mol. The highest BCUT2D eigenvalue weighted by Crippen LogP contribution is 2.28. The molecule has 0 aliphatic heterocycles. The van der Waals surface area contributed by atoms with Crippen molar-refractivity contribution in [3.05, 3.63) is 29.7 Å². The summed E-state index contributed by atoms with van der Waals surface area (Å²) in [6, 6.07) is 6.24. The van der Waals surface area contributed by atoms with Crippen LogP contribution in [0.2, 0.25) is 0 Å². The zero-order valence-corrected chi connectivity index (χ0v) is 11.7. The Balaban J connectivity index is 2.40. The van der Waals surface area contributed by atoms with Crippen LogP contribution in [0, 0.1) is 0 Å². The van der Waals surface area contributed by atoms with Crippen LogP contribution in [-0.2, 0) is 5.41 Å². The van der Waals surface area contributed by atoms with Crippen molar-refractivity contribution in [2.24, 2.45) is 5.73 Å². The molecule has 0 radical (unpaired) electrons. The van der Waals surface area contributed by atoms with Gasteiger partial charge in [-0.05, 0) is 36.6 Å². The number of oxazole rings is 1. The van der Waals surface area contributed by atoms with Crippen molar-refractivity contribution in [3.63, 3.8) is 0 Å². The van der Waals surface area contributed by atoms with Crippen LogP contribution >= 0.6 is 0 Å². The number of fused-ring (bicyclic) bond motifs is 1. The average Bonchev–Trinajstić information content (AvgIpc) is 2.71. The maximum absolute atomic E-state index is 5.79. The third-order valence-electron chi connectivity index (χ3n) is 3.22. The van der Waals surface area contributed by atoms with E-state index in [4.69, 9.17) is 10.2 Å². The third-order valence-corrected chi connectivity index (χ3v) is 3.22. The van der Waals surface area contributed by atoms with Crippen LogP contribution in [0.5, 0.6) is 0 Å². The van der Waals surface area contributed by atoms with Gasteiger partial charge < -0.3 is 10.2 Å². The zero-order chi connectivity index (χ0) is 13.3. The molecule has 2 rings (SSSR count). The van der Waals surface area contributed by atoms with Gasteiger partial charge in [-0.25, -0.2) is 4.98 Å². The maximum Gasteiger partial charge on any atom is 0.200 e. The van der Waals surface area contributed by atoms with Crippen molar-refractivity contribution in [2.75, 3.05) is 6.54 Å². The number of hydrogen-bond donors (Lipinski definition) is 1.